The second kappa shape index (κ2) is 10.6. The summed E-state index contributed by atoms with van der Waals surface area (Å²) in [6, 6.07) is 13.3. The lowest BCUT2D eigenvalue weighted by atomic mass is 10.0. The molecule has 1 aliphatic carbocycles. The first-order valence-corrected chi connectivity index (χ1v) is 12.1. The number of fused-ring (bicyclic) bond motifs is 1. The Hall–Kier alpha value is -4.54. The van der Waals surface area contributed by atoms with Gasteiger partial charge in [0.1, 0.15) is 28.2 Å². The first-order chi connectivity index (χ1) is 17.8. The average Bonchev–Trinajstić information content (AvgIpc) is 3.25. The quantitative estimate of drug-likeness (QED) is 0.263. The molecule has 9 nitrogen and oxygen atoms in total. The molecule has 1 saturated carbocycles. The molecule has 2 N–H and O–H groups in total. The van der Waals surface area contributed by atoms with Crippen LogP contribution in [0, 0.1) is 30.1 Å². The SMILES string of the molecule is CNc1c(C#Cc2cc3cc(C4(C(=O)O)CC4)oc3o2)nsc1C#N.Cc1ccccc1C(C)OC=O. The van der Waals surface area contributed by atoms with Crippen LogP contribution in [-0.4, -0.2) is 29.0 Å². The van der Waals surface area contributed by atoms with Crippen LogP contribution in [0.25, 0.3) is 11.2 Å². The van der Waals surface area contributed by atoms with Crippen molar-refractivity contribution in [3.8, 4) is 17.9 Å². The van der Waals surface area contributed by atoms with Gasteiger partial charge in [-0.2, -0.15) is 9.64 Å². The number of aryl methyl sites for hydroxylation is 1. The molecule has 0 radical (unpaired) electrons. The number of rotatable bonds is 6. The van der Waals surface area contributed by atoms with Crippen LogP contribution in [0.3, 0.4) is 0 Å². The number of furan rings is 2. The number of carboxylic acid groups (broad SMARTS) is 1. The van der Waals surface area contributed by atoms with Crippen LogP contribution in [0.2, 0.25) is 0 Å². The summed E-state index contributed by atoms with van der Waals surface area (Å²) in [6.45, 7) is 4.34. The van der Waals surface area contributed by atoms with Crippen LogP contribution < -0.4 is 5.32 Å². The number of aliphatic carboxylic acids is 1. The highest BCUT2D eigenvalue weighted by atomic mass is 32.1. The molecule has 1 atom stereocenters. The number of carbonyl (C=O) groups excluding carboxylic acids is 1. The summed E-state index contributed by atoms with van der Waals surface area (Å²) in [5.41, 5.74) is 2.37. The Balaban J connectivity index is 0.000000225. The van der Waals surface area contributed by atoms with Gasteiger partial charge in [-0.15, -0.1) is 0 Å². The van der Waals surface area contributed by atoms with E-state index in [1.807, 2.05) is 38.1 Å². The number of carboxylic acids is 1. The topological polar surface area (TPSA) is 139 Å². The molecule has 3 aromatic heterocycles. The largest absolute Gasteiger partial charge is 0.480 e. The summed E-state index contributed by atoms with van der Waals surface area (Å²) in [4.78, 5) is 21.9. The van der Waals surface area contributed by atoms with E-state index in [0.29, 0.717) is 52.5 Å². The fourth-order valence-corrected chi connectivity index (χ4v) is 4.48. The molecule has 188 valence electrons. The molecular weight excluding hydrogens is 494 g/mol. The lowest BCUT2D eigenvalue weighted by Gasteiger charge is -2.11. The summed E-state index contributed by atoms with van der Waals surface area (Å²) in [5, 5.41) is 21.9. The Morgan fingerprint density at radius 2 is 2.05 bits per heavy atom. The summed E-state index contributed by atoms with van der Waals surface area (Å²) in [5.74, 6) is 5.90. The van der Waals surface area contributed by atoms with Crippen molar-refractivity contribution in [3.63, 3.8) is 0 Å². The number of anilines is 1. The summed E-state index contributed by atoms with van der Waals surface area (Å²) >= 11 is 1.08. The van der Waals surface area contributed by atoms with Gasteiger partial charge in [0.2, 0.25) is 0 Å². The van der Waals surface area contributed by atoms with Crippen LogP contribution >= 0.6 is 11.5 Å². The number of hydrogen-bond donors (Lipinski definition) is 2. The number of nitrogens with one attached hydrogen (secondary N) is 1. The van der Waals surface area contributed by atoms with E-state index >= 15 is 0 Å². The predicted octanol–water partition coefficient (Wildman–Crippen LogP) is 5.14. The molecule has 1 aliphatic rings. The van der Waals surface area contributed by atoms with E-state index in [-0.39, 0.29) is 11.9 Å². The van der Waals surface area contributed by atoms with E-state index in [9.17, 15) is 14.7 Å². The van der Waals surface area contributed by atoms with Gasteiger partial charge in [-0.25, -0.2) is 0 Å². The van der Waals surface area contributed by atoms with E-state index in [1.165, 1.54) is 0 Å². The van der Waals surface area contributed by atoms with Crippen LogP contribution in [-0.2, 0) is 19.7 Å². The van der Waals surface area contributed by atoms with E-state index in [1.54, 1.807) is 19.2 Å². The van der Waals surface area contributed by atoms with Crippen molar-refractivity contribution < 1.29 is 28.3 Å². The molecule has 0 bridgehead atoms. The molecule has 10 heteroatoms. The lowest BCUT2D eigenvalue weighted by molar-refractivity contribution is -0.140. The van der Waals surface area contributed by atoms with E-state index in [0.717, 1.165) is 22.7 Å². The lowest BCUT2D eigenvalue weighted by Crippen LogP contribution is -2.18. The van der Waals surface area contributed by atoms with Crippen LogP contribution in [0.15, 0.2) is 45.2 Å². The zero-order valence-corrected chi connectivity index (χ0v) is 21.1. The Bertz CT molecular complexity index is 1530. The zero-order valence-electron chi connectivity index (χ0n) is 20.3. The van der Waals surface area contributed by atoms with E-state index < -0.39 is 11.4 Å². The van der Waals surface area contributed by atoms with Crippen LogP contribution in [0.1, 0.15) is 59.1 Å². The van der Waals surface area contributed by atoms with Crippen molar-refractivity contribution in [2.24, 2.45) is 0 Å². The molecule has 0 aliphatic heterocycles. The highest BCUT2D eigenvalue weighted by Crippen LogP contribution is 2.50. The van der Waals surface area contributed by atoms with Crippen molar-refractivity contribution in [1.82, 2.24) is 4.37 Å². The normalized spacial score (nSPS) is 13.8. The van der Waals surface area contributed by atoms with Crippen molar-refractivity contribution in [3.05, 3.63) is 69.6 Å². The van der Waals surface area contributed by atoms with E-state index in [2.05, 4.69) is 27.6 Å². The molecule has 37 heavy (non-hydrogen) atoms. The molecule has 5 rings (SSSR count). The Morgan fingerprint density at radius 3 is 2.65 bits per heavy atom. The molecular formula is C27H23N3O6S. The molecule has 0 amide bonds. The van der Waals surface area contributed by atoms with Gasteiger partial charge in [0.05, 0.1) is 11.1 Å². The van der Waals surface area contributed by atoms with Gasteiger partial charge in [0.25, 0.3) is 12.3 Å². The molecule has 1 unspecified atom stereocenters. The first kappa shape index (κ1) is 25.5. The highest BCUT2D eigenvalue weighted by molar-refractivity contribution is 7.07. The third-order valence-corrected chi connectivity index (χ3v) is 6.83. The number of hydrogen-bond acceptors (Lipinski definition) is 9. The third kappa shape index (κ3) is 5.20. The molecule has 3 heterocycles. The Labute approximate surface area is 216 Å². The molecule has 4 aromatic rings. The van der Waals surface area contributed by atoms with E-state index in [4.69, 9.17) is 18.8 Å². The minimum absolute atomic E-state index is 0.149. The zero-order chi connectivity index (χ0) is 26.6. The Morgan fingerprint density at radius 1 is 1.30 bits per heavy atom. The third-order valence-electron chi connectivity index (χ3n) is 6.08. The molecule has 1 aromatic carbocycles. The average molecular weight is 518 g/mol. The number of nitriles is 1. The minimum Gasteiger partial charge on any atom is -0.480 e. The van der Waals surface area contributed by atoms with Crippen molar-refractivity contribution >= 4 is 40.8 Å². The number of aromatic nitrogens is 1. The Kier molecular flexibility index (Phi) is 7.32. The van der Waals surface area contributed by atoms with Crippen molar-refractivity contribution in [2.45, 2.75) is 38.2 Å². The summed E-state index contributed by atoms with van der Waals surface area (Å²) in [6.07, 6.45) is 0.995. The maximum absolute atomic E-state index is 11.3. The maximum Gasteiger partial charge on any atom is 0.317 e. The monoisotopic (exact) mass is 517 g/mol. The van der Waals surface area contributed by atoms with Gasteiger partial charge in [0, 0.05) is 13.1 Å². The van der Waals surface area contributed by atoms with Crippen LogP contribution in [0.4, 0.5) is 5.69 Å². The van der Waals surface area contributed by atoms with Gasteiger partial charge in [-0.05, 0) is 67.3 Å². The summed E-state index contributed by atoms with van der Waals surface area (Å²) < 4.78 is 20.1. The highest BCUT2D eigenvalue weighted by Gasteiger charge is 2.54. The van der Waals surface area contributed by atoms with Gasteiger partial charge in [-0.1, -0.05) is 24.3 Å². The van der Waals surface area contributed by atoms with Gasteiger partial charge in [0.15, 0.2) is 11.5 Å². The van der Waals surface area contributed by atoms with Crippen molar-refractivity contribution in [2.75, 3.05) is 12.4 Å². The second-order valence-electron chi connectivity index (χ2n) is 8.43. The summed E-state index contributed by atoms with van der Waals surface area (Å²) in [7, 11) is 1.70. The standard InChI is InChI=1S/C17H11N3O4S.C10H12O2/c1-19-14-11(20-25-12(14)8-18)3-2-10-6-9-7-13(24-15(9)23-10)17(4-5-17)16(21)22;1-8-5-3-4-6-10(8)9(2)12-7-11/h6-7,19H,4-5H2,1H3,(H,21,22);3-7,9H,1-2H3. The molecule has 1 fully saturated rings. The number of carbonyl (C=O) groups is 2. The first-order valence-electron chi connectivity index (χ1n) is 11.3. The minimum atomic E-state index is -0.899. The van der Waals surface area contributed by atoms with Crippen molar-refractivity contribution in [1.29, 1.82) is 5.26 Å². The second-order valence-corrected chi connectivity index (χ2v) is 9.20. The number of benzene rings is 1. The number of ether oxygens (including phenoxy) is 1. The fraction of sp³-hybridized carbons (Fsp3) is 0.259. The molecule has 0 saturated heterocycles. The number of nitrogens with zero attached hydrogens (tertiary/aromatic N) is 2. The predicted molar refractivity (Wildman–Crippen MR) is 136 cm³/mol. The maximum atomic E-state index is 11.3. The fourth-order valence-electron chi connectivity index (χ4n) is 3.83. The van der Waals surface area contributed by atoms with Crippen LogP contribution in [0.5, 0.6) is 0 Å². The molecule has 0 spiro atoms. The van der Waals surface area contributed by atoms with Gasteiger partial charge in [-0.3, -0.25) is 9.59 Å². The van der Waals surface area contributed by atoms with Gasteiger partial charge < -0.3 is 24.0 Å². The smallest absolute Gasteiger partial charge is 0.317 e. The van der Waals surface area contributed by atoms with Gasteiger partial charge >= 0.3 is 5.97 Å².